The molecule has 92 valence electrons. The lowest BCUT2D eigenvalue weighted by molar-refractivity contribution is -0.144. The summed E-state index contributed by atoms with van der Waals surface area (Å²) in [6.07, 6.45) is 5.23. The van der Waals surface area contributed by atoms with Crippen LogP contribution in [-0.2, 0) is 9.53 Å². The van der Waals surface area contributed by atoms with E-state index in [9.17, 15) is 4.79 Å². The second-order valence-corrected chi connectivity index (χ2v) is 6.53. The Morgan fingerprint density at radius 1 is 1.50 bits per heavy atom. The number of carbonyl (C=O) groups is 1. The Labute approximate surface area is 112 Å². The van der Waals surface area contributed by atoms with Crippen molar-refractivity contribution in [2.45, 2.75) is 44.1 Å². The van der Waals surface area contributed by atoms with Crippen LogP contribution >= 0.6 is 22.6 Å². The molecule has 5 atom stereocenters. The summed E-state index contributed by atoms with van der Waals surface area (Å²) < 4.78 is 5.91. The van der Waals surface area contributed by atoms with Crippen LogP contribution in [0.25, 0.3) is 0 Å². The molecule has 3 heteroatoms. The van der Waals surface area contributed by atoms with Gasteiger partial charge in [0.05, 0.1) is 5.92 Å². The predicted molar refractivity (Wildman–Crippen MR) is 74.6 cm³/mol. The normalized spacial score (nSPS) is 34.1. The van der Waals surface area contributed by atoms with Gasteiger partial charge in [0.1, 0.15) is 6.10 Å². The summed E-state index contributed by atoms with van der Waals surface area (Å²) in [7, 11) is 0. The van der Waals surface area contributed by atoms with E-state index in [0.29, 0.717) is 9.84 Å². The van der Waals surface area contributed by atoms with Crippen LogP contribution < -0.4 is 0 Å². The van der Waals surface area contributed by atoms with Gasteiger partial charge in [-0.15, -0.1) is 0 Å². The van der Waals surface area contributed by atoms with Gasteiger partial charge in [-0.25, -0.2) is 0 Å². The van der Waals surface area contributed by atoms with E-state index in [1.54, 1.807) is 0 Å². The quantitative estimate of drug-likeness (QED) is 0.339. The molecule has 1 aliphatic heterocycles. The lowest BCUT2D eigenvalue weighted by atomic mass is 9.79. The largest absolute Gasteiger partial charge is 0.461 e. The van der Waals surface area contributed by atoms with Crippen molar-refractivity contribution >= 4 is 28.6 Å². The first-order chi connectivity index (χ1) is 7.52. The van der Waals surface area contributed by atoms with E-state index in [4.69, 9.17) is 4.74 Å². The average Bonchev–Trinajstić information content (AvgIpc) is 2.55. The highest BCUT2D eigenvalue weighted by Crippen LogP contribution is 2.39. The third-order valence-electron chi connectivity index (χ3n) is 3.39. The maximum atomic E-state index is 11.9. The number of hydrogen-bond donors (Lipinski definition) is 0. The summed E-state index contributed by atoms with van der Waals surface area (Å²) >= 11 is 2.35. The molecular formula is C13H21IO2. The molecule has 0 unspecified atom stereocenters. The first kappa shape index (κ1) is 14.0. The summed E-state index contributed by atoms with van der Waals surface area (Å²) in [5, 5.41) is 0. The molecule has 0 aliphatic carbocycles. The van der Waals surface area contributed by atoms with Crippen molar-refractivity contribution in [3.8, 4) is 0 Å². The molecule has 16 heavy (non-hydrogen) atoms. The van der Waals surface area contributed by atoms with Crippen LogP contribution in [0.3, 0.4) is 0 Å². The highest BCUT2D eigenvalue weighted by atomic mass is 127. The highest BCUT2D eigenvalue weighted by molar-refractivity contribution is 14.1. The van der Waals surface area contributed by atoms with Crippen LogP contribution in [0.4, 0.5) is 0 Å². The SMILES string of the molecule is C/C=C/[C@@H](C)[C@H]1C(=O)O[C@@H]([C@H](C)I)[C@H]1CC. The smallest absolute Gasteiger partial charge is 0.310 e. The second-order valence-electron chi connectivity index (χ2n) is 4.56. The van der Waals surface area contributed by atoms with Crippen LogP contribution in [0.1, 0.15) is 34.1 Å². The average molecular weight is 336 g/mol. The van der Waals surface area contributed by atoms with Gasteiger partial charge in [0.15, 0.2) is 0 Å². The molecule has 1 fully saturated rings. The molecule has 0 aromatic heterocycles. The van der Waals surface area contributed by atoms with Gasteiger partial charge in [0, 0.05) is 9.84 Å². The topological polar surface area (TPSA) is 26.3 Å². The molecule has 0 bridgehead atoms. The Kier molecular flexibility index (Phi) is 5.28. The van der Waals surface area contributed by atoms with E-state index in [1.807, 2.05) is 13.0 Å². The van der Waals surface area contributed by atoms with Crippen molar-refractivity contribution in [2.24, 2.45) is 17.8 Å². The summed E-state index contributed by atoms with van der Waals surface area (Å²) in [6.45, 7) is 8.36. The van der Waals surface area contributed by atoms with Crippen LogP contribution in [0.15, 0.2) is 12.2 Å². The Hall–Kier alpha value is -0.0600. The van der Waals surface area contributed by atoms with E-state index in [2.05, 4.69) is 49.4 Å². The molecule has 1 rings (SSSR count). The number of halogens is 1. The number of esters is 1. The zero-order valence-electron chi connectivity index (χ0n) is 10.4. The van der Waals surface area contributed by atoms with E-state index in [0.717, 1.165) is 6.42 Å². The van der Waals surface area contributed by atoms with Crippen molar-refractivity contribution in [1.82, 2.24) is 0 Å². The Balaban J connectivity index is 2.87. The minimum atomic E-state index is -0.00836. The molecular weight excluding hydrogens is 315 g/mol. The van der Waals surface area contributed by atoms with Crippen LogP contribution in [0.5, 0.6) is 0 Å². The predicted octanol–water partition coefficient (Wildman–Crippen LogP) is 3.59. The summed E-state index contributed by atoms with van der Waals surface area (Å²) in [5.41, 5.74) is 0. The molecule has 1 aliphatic rings. The van der Waals surface area contributed by atoms with Crippen molar-refractivity contribution in [2.75, 3.05) is 0 Å². The van der Waals surface area contributed by atoms with Crippen molar-refractivity contribution in [1.29, 1.82) is 0 Å². The zero-order chi connectivity index (χ0) is 12.3. The molecule has 0 aromatic rings. The number of ether oxygens (including phenoxy) is 1. The fourth-order valence-electron chi connectivity index (χ4n) is 2.63. The molecule has 1 heterocycles. The van der Waals surface area contributed by atoms with Gasteiger partial charge in [-0.1, -0.05) is 48.6 Å². The van der Waals surface area contributed by atoms with Gasteiger partial charge in [0.2, 0.25) is 0 Å². The first-order valence-corrected chi connectivity index (χ1v) is 7.24. The van der Waals surface area contributed by atoms with Crippen molar-refractivity contribution < 1.29 is 9.53 Å². The standard InChI is InChI=1S/C13H21IO2/c1-5-7-8(3)11-10(6-2)12(9(4)14)16-13(11)15/h5,7-12H,6H2,1-4H3/b7-5+/t8-,9+,10+,11-,12+/m1/s1. The van der Waals surface area contributed by atoms with Crippen LogP contribution in [0, 0.1) is 17.8 Å². The fraction of sp³-hybridized carbons (Fsp3) is 0.769. The number of allylic oxidation sites excluding steroid dienone is 2. The third kappa shape index (κ3) is 2.79. The molecule has 0 aromatic carbocycles. The van der Waals surface area contributed by atoms with E-state index < -0.39 is 0 Å². The zero-order valence-corrected chi connectivity index (χ0v) is 12.6. The second kappa shape index (κ2) is 6.03. The minimum absolute atomic E-state index is 0.00836. The molecule has 0 saturated carbocycles. The van der Waals surface area contributed by atoms with E-state index in [-0.39, 0.29) is 23.9 Å². The number of cyclic esters (lactones) is 1. The van der Waals surface area contributed by atoms with Gasteiger partial charge in [-0.3, -0.25) is 4.79 Å². The van der Waals surface area contributed by atoms with Gasteiger partial charge < -0.3 is 4.74 Å². The lowest BCUT2D eigenvalue weighted by Gasteiger charge is -2.23. The Bertz CT molecular complexity index is 273. The fourth-order valence-corrected chi connectivity index (χ4v) is 3.31. The summed E-state index contributed by atoms with van der Waals surface area (Å²) in [5.74, 6) is 0.683. The van der Waals surface area contributed by atoms with Crippen LogP contribution in [-0.4, -0.2) is 16.0 Å². The lowest BCUT2D eigenvalue weighted by Crippen LogP contribution is -2.28. The molecule has 0 radical (unpaired) electrons. The third-order valence-corrected chi connectivity index (χ3v) is 4.10. The van der Waals surface area contributed by atoms with Gasteiger partial charge in [0.25, 0.3) is 0 Å². The van der Waals surface area contributed by atoms with E-state index in [1.165, 1.54) is 0 Å². The monoisotopic (exact) mass is 336 g/mol. The molecule has 0 amide bonds. The number of hydrogen-bond acceptors (Lipinski definition) is 2. The molecule has 0 spiro atoms. The van der Waals surface area contributed by atoms with Gasteiger partial charge in [-0.05, 0) is 26.2 Å². The number of alkyl halides is 1. The first-order valence-electron chi connectivity index (χ1n) is 6.00. The molecule has 1 saturated heterocycles. The Morgan fingerprint density at radius 2 is 2.12 bits per heavy atom. The van der Waals surface area contributed by atoms with Gasteiger partial charge >= 0.3 is 5.97 Å². The van der Waals surface area contributed by atoms with Gasteiger partial charge in [-0.2, -0.15) is 0 Å². The maximum absolute atomic E-state index is 11.9. The minimum Gasteiger partial charge on any atom is -0.461 e. The maximum Gasteiger partial charge on any atom is 0.310 e. The summed E-state index contributed by atoms with van der Waals surface area (Å²) in [4.78, 5) is 11.9. The van der Waals surface area contributed by atoms with Crippen molar-refractivity contribution in [3.63, 3.8) is 0 Å². The number of rotatable bonds is 4. The van der Waals surface area contributed by atoms with E-state index >= 15 is 0 Å². The van der Waals surface area contributed by atoms with Crippen molar-refractivity contribution in [3.05, 3.63) is 12.2 Å². The highest BCUT2D eigenvalue weighted by Gasteiger charge is 2.46. The Morgan fingerprint density at radius 3 is 2.56 bits per heavy atom. The molecule has 2 nitrogen and oxygen atoms in total. The van der Waals surface area contributed by atoms with Crippen LogP contribution in [0.2, 0.25) is 0 Å². The summed E-state index contributed by atoms with van der Waals surface area (Å²) in [6, 6.07) is 0. The number of carbonyl (C=O) groups excluding carboxylic acids is 1. The molecule has 0 N–H and O–H groups in total.